The average Bonchev–Trinajstić information content (AvgIpc) is 2.55. The van der Waals surface area contributed by atoms with E-state index in [0.29, 0.717) is 12.0 Å². The monoisotopic (exact) mass is 260 g/mol. The molecule has 5 heteroatoms. The molecule has 1 aliphatic rings. The van der Waals surface area contributed by atoms with Gasteiger partial charge in [0, 0.05) is 17.2 Å². The van der Waals surface area contributed by atoms with E-state index < -0.39 is 5.51 Å². The van der Waals surface area contributed by atoms with E-state index in [1.165, 1.54) is 0 Å². The molecule has 17 heavy (non-hydrogen) atoms. The van der Waals surface area contributed by atoms with Gasteiger partial charge in [-0.3, -0.25) is 4.79 Å². The van der Waals surface area contributed by atoms with E-state index in [9.17, 15) is 18.0 Å². The number of fused-ring (bicyclic) bond motifs is 1. The number of alkyl halides is 3. The van der Waals surface area contributed by atoms with Crippen molar-refractivity contribution in [3.8, 4) is 0 Å². The minimum Gasteiger partial charge on any atom is -0.294 e. The molecule has 0 radical (unpaired) electrons. The van der Waals surface area contributed by atoms with Crippen LogP contribution in [0.15, 0.2) is 24.3 Å². The highest BCUT2D eigenvalue weighted by Crippen LogP contribution is 2.34. The van der Waals surface area contributed by atoms with E-state index in [0.717, 1.165) is 5.56 Å². The van der Waals surface area contributed by atoms with Gasteiger partial charge in [0.1, 0.15) is 0 Å². The number of benzene rings is 1. The number of hydrogen-bond donors (Lipinski definition) is 0. The van der Waals surface area contributed by atoms with Crippen molar-refractivity contribution in [2.24, 2.45) is 5.92 Å². The fourth-order valence-corrected chi connectivity index (χ4v) is 2.70. The third kappa shape index (κ3) is 3.03. The van der Waals surface area contributed by atoms with E-state index in [1.807, 2.05) is 12.1 Å². The van der Waals surface area contributed by atoms with Crippen LogP contribution in [-0.4, -0.2) is 17.0 Å². The number of ketones is 1. The van der Waals surface area contributed by atoms with Crippen molar-refractivity contribution < 1.29 is 18.0 Å². The molecule has 1 nitrogen and oxygen atoms in total. The summed E-state index contributed by atoms with van der Waals surface area (Å²) in [6.07, 6.45) is 0.866. The Morgan fingerprint density at radius 1 is 1.29 bits per heavy atom. The van der Waals surface area contributed by atoms with Gasteiger partial charge >= 0.3 is 5.51 Å². The van der Waals surface area contributed by atoms with E-state index >= 15 is 0 Å². The van der Waals surface area contributed by atoms with Crippen LogP contribution in [-0.2, 0) is 6.42 Å². The maximum atomic E-state index is 12.0. The lowest BCUT2D eigenvalue weighted by Gasteiger charge is -2.08. The van der Waals surface area contributed by atoms with Crippen molar-refractivity contribution in [3.05, 3.63) is 35.4 Å². The number of carbonyl (C=O) groups excluding carboxylic acids is 1. The molecule has 0 N–H and O–H groups in total. The maximum Gasteiger partial charge on any atom is 0.441 e. The second-order valence-corrected chi connectivity index (χ2v) is 5.17. The Kier molecular flexibility index (Phi) is 3.47. The molecule has 1 aromatic rings. The van der Waals surface area contributed by atoms with Crippen LogP contribution in [0.25, 0.3) is 0 Å². The Bertz CT molecular complexity index is 428. The zero-order chi connectivity index (χ0) is 12.5. The summed E-state index contributed by atoms with van der Waals surface area (Å²) in [5, 5.41) is 0. The van der Waals surface area contributed by atoms with Gasteiger partial charge in [0.25, 0.3) is 0 Å². The first-order valence-electron chi connectivity index (χ1n) is 5.30. The highest BCUT2D eigenvalue weighted by molar-refractivity contribution is 8.00. The number of rotatable bonds is 3. The predicted molar refractivity (Wildman–Crippen MR) is 61.1 cm³/mol. The van der Waals surface area contributed by atoms with Crippen LogP contribution in [0.4, 0.5) is 13.2 Å². The number of thioether (sulfide) groups is 1. The summed E-state index contributed by atoms with van der Waals surface area (Å²) in [6.45, 7) is 0. The Hall–Kier alpha value is -0.970. The van der Waals surface area contributed by atoms with Gasteiger partial charge in [0.15, 0.2) is 5.78 Å². The van der Waals surface area contributed by atoms with E-state index in [2.05, 4.69) is 0 Å². The largest absolute Gasteiger partial charge is 0.441 e. The molecule has 0 aromatic heterocycles. The van der Waals surface area contributed by atoms with Crippen LogP contribution < -0.4 is 0 Å². The molecule has 0 bridgehead atoms. The second-order valence-electron chi connectivity index (χ2n) is 4.01. The molecule has 0 aliphatic heterocycles. The molecule has 1 aliphatic carbocycles. The molecule has 92 valence electrons. The quantitative estimate of drug-likeness (QED) is 0.824. The van der Waals surface area contributed by atoms with Gasteiger partial charge in [-0.25, -0.2) is 0 Å². The van der Waals surface area contributed by atoms with Crippen molar-refractivity contribution in [3.63, 3.8) is 0 Å². The van der Waals surface area contributed by atoms with Crippen molar-refractivity contribution in [1.29, 1.82) is 0 Å². The lowest BCUT2D eigenvalue weighted by atomic mass is 10.0. The van der Waals surface area contributed by atoms with Crippen LogP contribution >= 0.6 is 11.8 Å². The van der Waals surface area contributed by atoms with Gasteiger partial charge in [-0.15, -0.1) is 0 Å². The third-order valence-electron chi connectivity index (χ3n) is 2.85. The first kappa shape index (κ1) is 12.5. The highest BCUT2D eigenvalue weighted by Gasteiger charge is 2.32. The Morgan fingerprint density at radius 2 is 2.00 bits per heavy atom. The zero-order valence-electron chi connectivity index (χ0n) is 8.96. The molecule has 1 aromatic carbocycles. The first-order chi connectivity index (χ1) is 7.97. The topological polar surface area (TPSA) is 17.1 Å². The number of halogens is 3. The van der Waals surface area contributed by atoms with Gasteiger partial charge in [0.2, 0.25) is 0 Å². The minimum absolute atomic E-state index is 0.0108. The number of carbonyl (C=O) groups is 1. The summed E-state index contributed by atoms with van der Waals surface area (Å²) in [5.41, 5.74) is -2.57. The minimum atomic E-state index is -4.20. The van der Waals surface area contributed by atoms with Gasteiger partial charge in [-0.05, 0) is 18.4 Å². The molecule has 0 saturated carbocycles. The van der Waals surface area contributed by atoms with Gasteiger partial charge in [-0.2, -0.15) is 13.2 Å². The fraction of sp³-hybridized carbons (Fsp3) is 0.417. The predicted octanol–water partition coefficient (Wildman–Crippen LogP) is 3.68. The molecule has 1 atom stereocenters. The molecule has 1 unspecified atom stereocenters. The van der Waals surface area contributed by atoms with E-state index in [-0.39, 0.29) is 35.6 Å². The summed E-state index contributed by atoms with van der Waals surface area (Å²) < 4.78 is 35.9. The lowest BCUT2D eigenvalue weighted by Crippen LogP contribution is -2.11. The molecular weight excluding hydrogens is 249 g/mol. The van der Waals surface area contributed by atoms with E-state index in [4.69, 9.17) is 0 Å². The van der Waals surface area contributed by atoms with Crippen molar-refractivity contribution in [2.75, 3.05) is 5.75 Å². The Labute approximate surface area is 101 Å². The maximum absolute atomic E-state index is 12.0. The fourth-order valence-electron chi connectivity index (χ4n) is 2.07. The molecule has 0 heterocycles. The summed E-state index contributed by atoms with van der Waals surface area (Å²) in [7, 11) is 0. The Morgan fingerprint density at radius 3 is 2.65 bits per heavy atom. The van der Waals surface area contributed by atoms with Crippen molar-refractivity contribution in [1.82, 2.24) is 0 Å². The van der Waals surface area contributed by atoms with Crippen LogP contribution in [0.5, 0.6) is 0 Å². The van der Waals surface area contributed by atoms with Gasteiger partial charge in [-0.1, -0.05) is 36.0 Å². The SMILES string of the molecule is O=C1c2ccccc2CC1CCSC(F)(F)F. The molecule has 0 saturated heterocycles. The van der Waals surface area contributed by atoms with E-state index in [1.54, 1.807) is 12.1 Å². The summed E-state index contributed by atoms with van der Waals surface area (Å²) in [4.78, 5) is 11.9. The first-order valence-corrected chi connectivity index (χ1v) is 6.29. The van der Waals surface area contributed by atoms with Gasteiger partial charge < -0.3 is 0 Å². The zero-order valence-corrected chi connectivity index (χ0v) is 9.77. The molecule has 0 amide bonds. The van der Waals surface area contributed by atoms with Crippen LogP contribution in [0.3, 0.4) is 0 Å². The van der Waals surface area contributed by atoms with Crippen LogP contribution in [0.2, 0.25) is 0 Å². The second kappa shape index (κ2) is 4.72. The Balaban J connectivity index is 1.92. The molecular formula is C12H11F3OS. The van der Waals surface area contributed by atoms with Crippen molar-refractivity contribution in [2.45, 2.75) is 18.3 Å². The highest BCUT2D eigenvalue weighted by atomic mass is 32.2. The van der Waals surface area contributed by atoms with Crippen molar-refractivity contribution >= 4 is 17.5 Å². The number of Topliss-reactive ketones (excluding diaryl/α,β-unsaturated/α-hetero) is 1. The lowest BCUT2D eigenvalue weighted by molar-refractivity contribution is -0.0328. The number of hydrogen-bond acceptors (Lipinski definition) is 2. The normalized spacial score (nSPS) is 19.5. The molecule has 2 rings (SSSR count). The molecule has 0 spiro atoms. The van der Waals surface area contributed by atoms with Crippen LogP contribution in [0, 0.1) is 5.92 Å². The summed E-state index contributed by atoms with van der Waals surface area (Å²) >= 11 is -0.0510. The van der Waals surface area contributed by atoms with Gasteiger partial charge in [0.05, 0.1) is 0 Å². The standard InChI is InChI=1S/C12H11F3OS/c13-12(14,15)17-6-5-9-7-8-3-1-2-4-10(8)11(9)16/h1-4,9H,5-7H2. The third-order valence-corrected chi connectivity index (χ3v) is 3.62. The molecule has 0 fully saturated rings. The smallest absolute Gasteiger partial charge is 0.294 e. The summed E-state index contributed by atoms with van der Waals surface area (Å²) in [5.74, 6) is -0.334. The summed E-state index contributed by atoms with van der Waals surface area (Å²) in [6, 6.07) is 7.24. The van der Waals surface area contributed by atoms with Crippen LogP contribution in [0.1, 0.15) is 22.3 Å². The average molecular weight is 260 g/mol.